The van der Waals surface area contributed by atoms with E-state index in [4.69, 9.17) is 11.6 Å². The van der Waals surface area contributed by atoms with Crippen LogP contribution in [0.15, 0.2) is 10.4 Å². The van der Waals surface area contributed by atoms with Crippen molar-refractivity contribution in [1.82, 2.24) is 0 Å². The van der Waals surface area contributed by atoms with Crippen LogP contribution < -0.4 is 0 Å². The van der Waals surface area contributed by atoms with Crippen LogP contribution in [0.4, 0.5) is 3.89 Å². The maximum Gasteiger partial charge on any atom is 0.326 e. The van der Waals surface area contributed by atoms with Crippen LogP contribution >= 0.6 is 11.6 Å². The molecule has 0 spiro atoms. The first kappa shape index (κ1) is 11.0. The van der Waals surface area contributed by atoms with Gasteiger partial charge in [0.25, 0.3) is 0 Å². The summed E-state index contributed by atoms with van der Waals surface area (Å²) in [7, 11) is -4.57. The minimum Gasteiger partial charge on any atom is -0.190 e. The molecule has 0 atom stereocenters. The Kier molecular flexibility index (Phi) is 3.74. The average molecular weight is 227 g/mol. The van der Waals surface area contributed by atoms with E-state index in [1.807, 2.05) is 0 Å². The van der Waals surface area contributed by atoms with Gasteiger partial charge >= 0.3 is 10.2 Å². The summed E-state index contributed by atoms with van der Waals surface area (Å²) in [4.78, 5) is 0. The lowest BCUT2D eigenvalue weighted by Crippen LogP contribution is -2.06. The normalized spacial score (nSPS) is 21.8. The SMILES string of the molecule is O=S(=O)(F)/C=C(/Cl)C1CCCCC1. The van der Waals surface area contributed by atoms with E-state index >= 15 is 0 Å². The minimum atomic E-state index is -4.57. The molecular formula is C8H12ClFO2S. The van der Waals surface area contributed by atoms with Gasteiger partial charge in [-0.05, 0) is 18.8 Å². The topological polar surface area (TPSA) is 34.1 Å². The Hall–Kier alpha value is -0.0900. The third kappa shape index (κ3) is 4.09. The van der Waals surface area contributed by atoms with Gasteiger partial charge in [0.15, 0.2) is 0 Å². The molecule has 0 aromatic heterocycles. The molecule has 1 aliphatic rings. The van der Waals surface area contributed by atoms with Gasteiger partial charge in [0.2, 0.25) is 0 Å². The highest BCUT2D eigenvalue weighted by molar-refractivity contribution is 7.89. The number of allylic oxidation sites excluding steroid dienone is 1. The van der Waals surface area contributed by atoms with Crippen LogP contribution in [0, 0.1) is 5.92 Å². The van der Waals surface area contributed by atoms with Gasteiger partial charge in [-0.1, -0.05) is 30.9 Å². The maximum absolute atomic E-state index is 12.2. The molecule has 0 bridgehead atoms. The monoisotopic (exact) mass is 226 g/mol. The summed E-state index contributed by atoms with van der Waals surface area (Å²) in [6.45, 7) is 0. The molecule has 13 heavy (non-hydrogen) atoms. The van der Waals surface area contributed by atoms with E-state index in [9.17, 15) is 12.3 Å². The highest BCUT2D eigenvalue weighted by Crippen LogP contribution is 2.32. The smallest absolute Gasteiger partial charge is 0.190 e. The van der Waals surface area contributed by atoms with Crippen LogP contribution in [-0.4, -0.2) is 8.42 Å². The van der Waals surface area contributed by atoms with Crippen molar-refractivity contribution in [2.75, 3.05) is 0 Å². The predicted octanol–water partition coefficient (Wildman–Crippen LogP) is 2.95. The first-order valence-electron chi connectivity index (χ1n) is 4.31. The zero-order valence-electron chi connectivity index (χ0n) is 7.17. The molecule has 76 valence electrons. The van der Waals surface area contributed by atoms with Gasteiger partial charge in [-0.2, -0.15) is 8.42 Å². The van der Waals surface area contributed by atoms with Gasteiger partial charge in [-0.25, -0.2) is 0 Å². The van der Waals surface area contributed by atoms with Crippen molar-refractivity contribution in [3.8, 4) is 0 Å². The Bertz CT molecular complexity index is 291. The number of halogens is 2. The molecule has 5 heteroatoms. The van der Waals surface area contributed by atoms with Crippen molar-refractivity contribution in [3.05, 3.63) is 10.4 Å². The molecule has 1 rings (SSSR count). The summed E-state index contributed by atoms with van der Waals surface area (Å²) in [6.07, 6.45) is 4.97. The summed E-state index contributed by atoms with van der Waals surface area (Å²) in [5, 5.41) is 0.673. The Morgan fingerprint density at radius 1 is 1.31 bits per heavy atom. The van der Waals surface area contributed by atoms with E-state index in [1.165, 1.54) is 0 Å². The Morgan fingerprint density at radius 2 is 1.85 bits per heavy atom. The van der Waals surface area contributed by atoms with Crippen LogP contribution in [0.2, 0.25) is 0 Å². The van der Waals surface area contributed by atoms with Crippen LogP contribution in [-0.2, 0) is 10.2 Å². The predicted molar refractivity (Wildman–Crippen MR) is 50.5 cm³/mol. The van der Waals surface area contributed by atoms with E-state index < -0.39 is 10.2 Å². The Morgan fingerprint density at radius 3 is 2.31 bits per heavy atom. The zero-order chi connectivity index (χ0) is 9.90. The molecule has 0 N–H and O–H groups in total. The van der Waals surface area contributed by atoms with Gasteiger partial charge in [-0.3, -0.25) is 0 Å². The average Bonchev–Trinajstić information content (AvgIpc) is 2.03. The van der Waals surface area contributed by atoms with Crippen LogP contribution in [0.1, 0.15) is 32.1 Å². The highest BCUT2D eigenvalue weighted by Gasteiger charge is 2.18. The van der Waals surface area contributed by atoms with Crippen LogP contribution in [0.25, 0.3) is 0 Å². The second-order valence-corrected chi connectivity index (χ2v) is 4.94. The van der Waals surface area contributed by atoms with Crippen molar-refractivity contribution in [2.45, 2.75) is 32.1 Å². The van der Waals surface area contributed by atoms with Gasteiger partial charge in [0, 0.05) is 5.03 Å². The summed E-state index contributed by atoms with van der Waals surface area (Å²) >= 11 is 5.69. The fourth-order valence-corrected chi connectivity index (χ4v) is 2.61. The lowest BCUT2D eigenvalue weighted by Gasteiger charge is -2.20. The van der Waals surface area contributed by atoms with E-state index in [0.29, 0.717) is 5.41 Å². The molecule has 0 aromatic carbocycles. The summed E-state index contributed by atoms with van der Waals surface area (Å²) in [6, 6.07) is 0. The van der Waals surface area contributed by atoms with Crippen molar-refractivity contribution in [2.24, 2.45) is 5.92 Å². The van der Waals surface area contributed by atoms with Crippen molar-refractivity contribution in [1.29, 1.82) is 0 Å². The second kappa shape index (κ2) is 4.42. The first-order chi connectivity index (χ1) is 5.99. The molecular weight excluding hydrogens is 215 g/mol. The van der Waals surface area contributed by atoms with E-state index in [-0.39, 0.29) is 11.0 Å². The van der Waals surface area contributed by atoms with Gasteiger partial charge in [0.1, 0.15) is 0 Å². The summed E-state index contributed by atoms with van der Waals surface area (Å²) in [5.74, 6) is 0.0425. The molecule has 0 amide bonds. The largest absolute Gasteiger partial charge is 0.326 e. The molecule has 0 heterocycles. The third-order valence-corrected chi connectivity index (χ3v) is 3.33. The molecule has 0 aliphatic heterocycles. The third-order valence-electron chi connectivity index (χ3n) is 2.25. The zero-order valence-corrected chi connectivity index (χ0v) is 8.74. The lowest BCUT2D eigenvalue weighted by atomic mass is 9.89. The quantitative estimate of drug-likeness (QED) is 0.679. The van der Waals surface area contributed by atoms with E-state index in [2.05, 4.69) is 0 Å². The molecule has 1 aliphatic carbocycles. The number of hydrogen-bond acceptors (Lipinski definition) is 2. The summed E-state index contributed by atoms with van der Waals surface area (Å²) < 4.78 is 32.7. The molecule has 1 saturated carbocycles. The Labute approximate surface area is 83.0 Å². The maximum atomic E-state index is 12.2. The van der Waals surface area contributed by atoms with Gasteiger partial charge in [-0.15, -0.1) is 3.89 Å². The fraction of sp³-hybridized carbons (Fsp3) is 0.750. The highest BCUT2D eigenvalue weighted by atomic mass is 35.5. The molecule has 0 radical (unpaired) electrons. The molecule has 0 unspecified atom stereocenters. The second-order valence-electron chi connectivity index (χ2n) is 3.31. The summed E-state index contributed by atoms with van der Waals surface area (Å²) in [5.41, 5.74) is 0. The van der Waals surface area contributed by atoms with Crippen LogP contribution in [0.5, 0.6) is 0 Å². The molecule has 0 saturated heterocycles. The first-order valence-corrected chi connectivity index (χ1v) is 6.13. The lowest BCUT2D eigenvalue weighted by molar-refractivity contribution is 0.414. The minimum absolute atomic E-state index is 0.0425. The standard InChI is InChI=1S/C8H12ClFO2S/c9-8(6-13(10,11)12)7-4-2-1-3-5-7/h6-7H,1-5H2/b8-6+. The van der Waals surface area contributed by atoms with Crippen LogP contribution in [0.3, 0.4) is 0 Å². The van der Waals surface area contributed by atoms with Gasteiger partial charge in [0.05, 0.1) is 5.41 Å². The number of hydrogen-bond donors (Lipinski definition) is 0. The fourth-order valence-electron chi connectivity index (χ4n) is 1.61. The van der Waals surface area contributed by atoms with Crippen molar-refractivity contribution in [3.63, 3.8) is 0 Å². The Balaban J connectivity index is 2.65. The van der Waals surface area contributed by atoms with Crippen molar-refractivity contribution < 1.29 is 12.3 Å². The van der Waals surface area contributed by atoms with E-state index in [0.717, 1.165) is 32.1 Å². The molecule has 0 aromatic rings. The van der Waals surface area contributed by atoms with Crippen molar-refractivity contribution >= 4 is 21.8 Å². The van der Waals surface area contributed by atoms with E-state index in [1.54, 1.807) is 0 Å². The molecule has 1 fully saturated rings. The molecule has 2 nitrogen and oxygen atoms in total. The number of rotatable bonds is 2. The van der Waals surface area contributed by atoms with Gasteiger partial charge < -0.3 is 0 Å².